The summed E-state index contributed by atoms with van der Waals surface area (Å²) in [7, 11) is 0. The molecule has 1 heterocycles. The lowest BCUT2D eigenvalue weighted by molar-refractivity contribution is -0.268. The van der Waals surface area contributed by atoms with Crippen LogP contribution in [0.3, 0.4) is 0 Å². The van der Waals surface area contributed by atoms with Crippen molar-refractivity contribution in [2.24, 2.45) is 0 Å². The molecule has 0 unspecified atom stereocenters. The molecule has 7 nitrogen and oxygen atoms in total. The van der Waals surface area contributed by atoms with E-state index in [1.165, 1.54) is 0 Å². The number of phenolic OH excluding ortho intramolecular Hbond substituents is 1. The van der Waals surface area contributed by atoms with Gasteiger partial charge in [0, 0.05) is 32.0 Å². The largest absolute Gasteiger partial charge is 0.505 e. The van der Waals surface area contributed by atoms with Crippen LogP contribution in [-0.2, 0) is 30.1 Å². The molecule has 46 heavy (non-hydrogen) atoms. The second-order valence-electron chi connectivity index (χ2n) is 11.9. The van der Waals surface area contributed by atoms with Gasteiger partial charge in [0.2, 0.25) is 0 Å². The number of benzene rings is 2. The van der Waals surface area contributed by atoms with Gasteiger partial charge in [-0.25, -0.2) is 0 Å². The average Bonchev–Trinajstić information content (AvgIpc) is 3.06. The summed E-state index contributed by atoms with van der Waals surface area (Å²) in [6, 6.07) is 9.98. The Kier molecular flexibility index (Phi) is 18.3. The number of aromatic hydroxyl groups is 1. The van der Waals surface area contributed by atoms with Crippen molar-refractivity contribution in [1.29, 1.82) is 0 Å². The van der Waals surface area contributed by atoms with Gasteiger partial charge in [-0.2, -0.15) is 0 Å². The highest BCUT2D eigenvalue weighted by molar-refractivity contribution is 9.10. The Bertz CT molecular complexity index is 1130. The molecule has 1 fully saturated rings. The second kappa shape index (κ2) is 21.6. The molecule has 2 aromatic rings. The van der Waals surface area contributed by atoms with E-state index < -0.39 is 24.4 Å². The Balaban J connectivity index is 2.06. The first-order chi connectivity index (χ1) is 22.4. The lowest BCUT2D eigenvalue weighted by atomic mass is 9.89. The molecule has 2 aromatic carbocycles. The van der Waals surface area contributed by atoms with E-state index in [0.717, 1.165) is 73.8 Å². The fourth-order valence-corrected chi connectivity index (χ4v) is 6.40. The fraction of sp³-hybridized carbons (Fsp3) is 0.676. The monoisotopic (exact) mass is 726 g/mol. The van der Waals surface area contributed by atoms with E-state index in [4.69, 9.17) is 40.0 Å². The molecule has 1 aliphatic heterocycles. The van der Waals surface area contributed by atoms with E-state index in [2.05, 4.69) is 43.6 Å². The summed E-state index contributed by atoms with van der Waals surface area (Å²) in [6.45, 7) is 14.0. The molecule has 0 aliphatic carbocycles. The van der Waals surface area contributed by atoms with Crippen LogP contribution in [0.25, 0.3) is 0 Å². The molecule has 0 amide bonds. The number of hydrogen-bond donors (Lipinski definition) is 1. The Morgan fingerprint density at radius 1 is 0.783 bits per heavy atom. The third kappa shape index (κ3) is 11.4. The molecule has 0 saturated carbocycles. The van der Waals surface area contributed by atoms with Crippen LogP contribution in [0.2, 0.25) is 5.02 Å². The second-order valence-corrected chi connectivity index (χ2v) is 13.1. The number of phenols is 1. The quantitative estimate of drug-likeness (QED) is 0.121. The van der Waals surface area contributed by atoms with E-state index in [1.54, 1.807) is 0 Å². The topological polar surface area (TPSA) is 75.6 Å². The molecule has 1 saturated heterocycles. The van der Waals surface area contributed by atoms with Gasteiger partial charge in [-0.15, -0.1) is 0 Å². The van der Waals surface area contributed by atoms with Crippen LogP contribution in [0.5, 0.6) is 11.5 Å². The molecular weight excluding hydrogens is 672 g/mol. The van der Waals surface area contributed by atoms with Crippen molar-refractivity contribution >= 4 is 27.5 Å². The SMILES string of the molecule is CCCCOC[C@H]1O[C@@H](c2cc(Cc3ccc(OCC)cc3)c(Cl)c(O)c2Br)[C@H](OCCCC)[C@@H](OCCCC)[C@@H]1OCCCC. The third-order valence-corrected chi connectivity index (χ3v) is 9.45. The predicted molar refractivity (Wildman–Crippen MR) is 189 cm³/mol. The molecule has 0 aromatic heterocycles. The van der Waals surface area contributed by atoms with Gasteiger partial charge in [-0.05, 0) is 84.3 Å². The Hall–Kier alpha value is -1.39. The normalized spacial score (nSPS) is 21.5. The first kappa shape index (κ1) is 39.1. The van der Waals surface area contributed by atoms with Gasteiger partial charge >= 0.3 is 0 Å². The predicted octanol–water partition coefficient (Wildman–Crippen LogP) is 9.61. The van der Waals surface area contributed by atoms with Crippen LogP contribution in [0.1, 0.15) is 109 Å². The van der Waals surface area contributed by atoms with Gasteiger partial charge in [-0.3, -0.25) is 0 Å². The van der Waals surface area contributed by atoms with Crippen molar-refractivity contribution in [3.05, 3.63) is 56.5 Å². The number of halogens is 2. The van der Waals surface area contributed by atoms with Crippen molar-refractivity contribution in [2.75, 3.05) is 39.6 Å². The van der Waals surface area contributed by atoms with Crippen molar-refractivity contribution < 1.29 is 33.5 Å². The average molecular weight is 728 g/mol. The summed E-state index contributed by atoms with van der Waals surface area (Å²) in [5.41, 5.74) is 2.60. The van der Waals surface area contributed by atoms with Gasteiger partial charge in [-0.1, -0.05) is 77.1 Å². The van der Waals surface area contributed by atoms with Crippen LogP contribution in [0.4, 0.5) is 0 Å². The number of rotatable bonds is 22. The summed E-state index contributed by atoms with van der Waals surface area (Å²) in [6.07, 6.45) is 6.19. The molecule has 1 aliphatic rings. The van der Waals surface area contributed by atoms with Gasteiger partial charge in [0.1, 0.15) is 42.0 Å². The Morgan fingerprint density at radius 2 is 1.35 bits per heavy atom. The van der Waals surface area contributed by atoms with Gasteiger partial charge in [0.25, 0.3) is 0 Å². The molecule has 0 spiro atoms. The van der Waals surface area contributed by atoms with Crippen LogP contribution >= 0.6 is 27.5 Å². The molecular formula is C37H56BrClO7. The zero-order valence-corrected chi connectivity index (χ0v) is 30.9. The smallest absolute Gasteiger partial charge is 0.149 e. The molecule has 260 valence electrons. The van der Waals surface area contributed by atoms with Crippen LogP contribution in [-0.4, -0.2) is 69.2 Å². The first-order valence-corrected chi connectivity index (χ1v) is 18.6. The van der Waals surface area contributed by atoms with E-state index in [9.17, 15) is 5.11 Å². The lowest BCUT2D eigenvalue weighted by Gasteiger charge is -2.46. The summed E-state index contributed by atoms with van der Waals surface area (Å²) in [5.74, 6) is 0.799. The molecule has 5 atom stereocenters. The van der Waals surface area contributed by atoms with Crippen molar-refractivity contribution in [2.45, 2.75) is 123 Å². The van der Waals surface area contributed by atoms with Crippen LogP contribution < -0.4 is 4.74 Å². The molecule has 0 bridgehead atoms. The Labute approximate surface area is 290 Å². The minimum Gasteiger partial charge on any atom is -0.505 e. The van der Waals surface area contributed by atoms with E-state index >= 15 is 0 Å². The highest BCUT2D eigenvalue weighted by Gasteiger charge is 2.49. The van der Waals surface area contributed by atoms with Gasteiger partial charge in [0.15, 0.2) is 0 Å². The Morgan fingerprint density at radius 3 is 1.93 bits per heavy atom. The maximum absolute atomic E-state index is 11.3. The van der Waals surface area contributed by atoms with E-state index in [0.29, 0.717) is 55.6 Å². The molecule has 0 radical (unpaired) electrons. The number of unbranched alkanes of at least 4 members (excludes halogenated alkanes) is 4. The maximum atomic E-state index is 11.3. The standard InChI is InChI=1S/C37H56BrClO7/c1-6-11-19-41-25-30-35(43-20-12-7-2)37(45-22-14-9-4)36(44-21-13-8-3)34(46-30)29-24-27(32(39)33(40)31(29)38)23-26-15-17-28(18-16-26)42-10-5/h15-18,24,30,34-37,40H,6-14,19-23,25H2,1-5H3/t30-,34+,35-,36+,37+/m1/s1. The molecule has 3 rings (SSSR count). The number of ether oxygens (including phenoxy) is 6. The van der Waals surface area contributed by atoms with E-state index in [-0.39, 0.29) is 11.9 Å². The van der Waals surface area contributed by atoms with Crippen molar-refractivity contribution in [3.8, 4) is 11.5 Å². The zero-order chi connectivity index (χ0) is 33.3. The minimum absolute atomic E-state index is 0.0171. The van der Waals surface area contributed by atoms with Gasteiger partial charge < -0.3 is 33.5 Å². The zero-order valence-electron chi connectivity index (χ0n) is 28.5. The highest BCUT2D eigenvalue weighted by atomic mass is 79.9. The highest BCUT2D eigenvalue weighted by Crippen LogP contribution is 2.46. The summed E-state index contributed by atoms with van der Waals surface area (Å²) >= 11 is 10.4. The van der Waals surface area contributed by atoms with E-state index in [1.807, 2.05) is 37.3 Å². The summed E-state index contributed by atoms with van der Waals surface area (Å²) in [4.78, 5) is 0. The number of hydrogen-bond acceptors (Lipinski definition) is 7. The maximum Gasteiger partial charge on any atom is 0.149 e. The lowest BCUT2D eigenvalue weighted by Crippen LogP contribution is -2.58. The minimum atomic E-state index is -0.564. The van der Waals surface area contributed by atoms with Crippen molar-refractivity contribution in [3.63, 3.8) is 0 Å². The summed E-state index contributed by atoms with van der Waals surface area (Å²) in [5, 5.41) is 11.6. The third-order valence-electron chi connectivity index (χ3n) is 8.20. The van der Waals surface area contributed by atoms with Crippen LogP contribution in [0, 0.1) is 0 Å². The van der Waals surface area contributed by atoms with Gasteiger partial charge in [0.05, 0.1) is 22.7 Å². The fourth-order valence-electron chi connectivity index (χ4n) is 5.53. The van der Waals surface area contributed by atoms with Crippen molar-refractivity contribution in [1.82, 2.24) is 0 Å². The first-order valence-electron chi connectivity index (χ1n) is 17.4. The molecule has 1 N–H and O–H groups in total. The summed E-state index contributed by atoms with van der Waals surface area (Å²) < 4.78 is 39.1. The van der Waals surface area contributed by atoms with Crippen LogP contribution in [0.15, 0.2) is 34.8 Å². The molecule has 9 heteroatoms.